The van der Waals surface area contributed by atoms with Gasteiger partial charge in [-0.05, 0) is 48.4 Å². The molecule has 0 rings (SSSR count). The number of hydrogen-bond acceptors (Lipinski definition) is 8. The van der Waals surface area contributed by atoms with Gasteiger partial charge in [-0.25, -0.2) is 21.6 Å². The van der Waals surface area contributed by atoms with Crippen LogP contribution in [0, 0.1) is 5.92 Å². The monoisotopic (exact) mass is 488 g/mol. The van der Waals surface area contributed by atoms with E-state index in [4.69, 9.17) is 4.74 Å². The lowest BCUT2D eigenvalue weighted by atomic mass is 10.1. The second-order valence-corrected chi connectivity index (χ2v) is 11.7. The number of hydrogen-bond donors (Lipinski definition) is 0. The lowest BCUT2D eigenvalue weighted by Crippen LogP contribution is -2.25. The highest BCUT2D eigenvalue weighted by atomic mass is 32.3. The molecule has 0 aliphatic rings. The molecule has 0 spiro atoms. The SMILES string of the molecule is CCC(C)CCSCCCSC(=O)OCCCS(=O)(=O)[N-]S(=O)(=O)C(F)(F)F. The molecule has 0 aliphatic carbocycles. The number of ether oxygens (including phenoxy) is 1. The summed E-state index contributed by atoms with van der Waals surface area (Å²) >= 11 is 2.73. The van der Waals surface area contributed by atoms with E-state index < -0.39 is 36.6 Å². The van der Waals surface area contributed by atoms with Gasteiger partial charge in [0.1, 0.15) is 0 Å². The molecule has 168 valence electrons. The van der Waals surface area contributed by atoms with Gasteiger partial charge in [-0.15, -0.1) is 0 Å². The Labute approximate surface area is 173 Å². The van der Waals surface area contributed by atoms with Gasteiger partial charge >= 0.3 is 10.8 Å². The summed E-state index contributed by atoms with van der Waals surface area (Å²) in [6.45, 7) is 3.98. The van der Waals surface area contributed by atoms with Gasteiger partial charge in [0.25, 0.3) is 0 Å². The van der Waals surface area contributed by atoms with E-state index in [-0.39, 0.29) is 13.0 Å². The quantitative estimate of drug-likeness (QED) is 0.262. The molecule has 7 nitrogen and oxygen atoms in total. The van der Waals surface area contributed by atoms with Crippen LogP contribution in [0.2, 0.25) is 0 Å². The number of rotatable bonds is 14. The number of halogens is 3. The Morgan fingerprint density at radius 3 is 2.32 bits per heavy atom. The van der Waals surface area contributed by atoms with Crippen molar-refractivity contribution in [3.8, 4) is 0 Å². The van der Waals surface area contributed by atoms with Crippen LogP contribution >= 0.6 is 23.5 Å². The molecule has 0 aromatic heterocycles. The van der Waals surface area contributed by atoms with Crippen LogP contribution < -0.4 is 0 Å². The number of nitrogens with zero attached hydrogens (tertiary/aromatic N) is 1. The van der Waals surface area contributed by atoms with Crippen molar-refractivity contribution in [2.45, 2.75) is 45.0 Å². The Hall–Kier alpha value is -0.180. The largest absolute Gasteiger partial charge is 0.480 e. The molecule has 0 saturated carbocycles. The first kappa shape index (κ1) is 27.8. The van der Waals surface area contributed by atoms with Crippen molar-refractivity contribution in [2.24, 2.45) is 5.92 Å². The van der Waals surface area contributed by atoms with Gasteiger partial charge in [-0.3, -0.25) is 0 Å². The van der Waals surface area contributed by atoms with Crippen LogP contribution in [-0.4, -0.2) is 57.3 Å². The average Bonchev–Trinajstić information content (AvgIpc) is 2.55. The van der Waals surface area contributed by atoms with E-state index in [9.17, 15) is 34.8 Å². The lowest BCUT2D eigenvalue weighted by Gasteiger charge is -2.21. The second kappa shape index (κ2) is 13.2. The summed E-state index contributed by atoms with van der Waals surface area (Å²) in [5.74, 6) is 2.22. The predicted molar refractivity (Wildman–Crippen MR) is 107 cm³/mol. The molecule has 0 amide bonds. The van der Waals surface area contributed by atoms with Crippen LogP contribution in [0.1, 0.15) is 39.5 Å². The maximum Gasteiger partial charge on any atom is 0.480 e. The Kier molecular flexibility index (Phi) is 13.1. The van der Waals surface area contributed by atoms with Crippen LogP contribution in [0.4, 0.5) is 18.0 Å². The first-order valence-corrected chi connectivity index (χ1v) is 13.6. The molecular weight excluding hydrogens is 463 g/mol. The third-order valence-corrected chi connectivity index (χ3v) is 8.41. The van der Waals surface area contributed by atoms with Crippen molar-refractivity contribution in [1.82, 2.24) is 0 Å². The second-order valence-electron chi connectivity index (χ2n) is 5.85. The molecule has 0 N–H and O–H groups in total. The zero-order valence-electron chi connectivity index (χ0n) is 15.6. The molecule has 0 saturated heterocycles. The van der Waals surface area contributed by atoms with E-state index in [2.05, 4.69) is 13.8 Å². The molecule has 0 radical (unpaired) electrons. The molecule has 0 aliphatic heterocycles. The summed E-state index contributed by atoms with van der Waals surface area (Å²) < 4.78 is 87.0. The Balaban J connectivity index is 3.87. The minimum Gasteiger partial charge on any atom is -0.458 e. The smallest absolute Gasteiger partial charge is 0.458 e. The zero-order valence-corrected chi connectivity index (χ0v) is 18.9. The van der Waals surface area contributed by atoms with Gasteiger partial charge in [0, 0.05) is 11.5 Å². The normalized spacial score (nSPS) is 14.0. The lowest BCUT2D eigenvalue weighted by molar-refractivity contribution is -0.0425. The van der Waals surface area contributed by atoms with Gasteiger partial charge in [0.05, 0.1) is 16.6 Å². The van der Waals surface area contributed by atoms with Crippen molar-refractivity contribution < 1.29 is 39.5 Å². The topological polar surface area (TPSA) is 109 Å². The maximum absolute atomic E-state index is 12.1. The molecule has 0 fully saturated rings. The molecular formula is C14H25F3NO6S4-. The van der Waals surface area contributed by atoms with Gasteiger partial charge < -0.3 is 8.86 Å². The van der Waals surface area contributed by atoms with Crippen molar-refractivity contribution in [3.63, 3.8) is 0 Å². The molecule has 0 bridgehead atoms. The fraction of sp³-hybridized carbons (Fsp3) is 0.929. The predicted octanol–water partition coefficient (Wildman–Crippen LogP) is 4.36. The Morgan fingerprint density at radius 2 is 1.75 bits per heavy atom. The molecule has 14 heteroatoms. The van der Waals surface area contributed by atoms with E-state index in [0.29, 0.717) is 11.7 Å². The fourth-order valence-corrected chi connectivity index (χ4v) is 5.82. The molecule has 0 aromatic carbocycles. The van der Waals surface area contributed by atoms with E-state index in [1.807, 2.05) is 15.9 Å². The first-order valence-electron chi connectivity index (χ1n) is 8.46. The van der Waals surface area contributed by atoms with Gasteiger partial charge in [0.2, 0.25) is 0 Å². The standard InChI is InChI=1S/C14H25F3NO6S4/c1-3-12(2)6-10-25-8-5-9-26-13(19)24-7-4-11-27(20,21)18-28(22,23)14(15,16)17/h12H,3-11H2,1-2H3/q-1. The van der Waals surface area contributed by atoms with Crippen molar-refractivity contribution in [3.05, 3.63) is 4.13 Å². The van der Waals surface area contributed by atoms with Crippen molar-refractivity contribution in [1.29, 1.82) is 0 Å². The Bertz CT molecular complexity index is 667. The average molecular weight is 489 g/mol. The van der Waals surface area contributed by atoms with E-state index in [0.717, 1.165) is 42.5 Å². The van der Waals surface area contributed by atoms with Crippen LogP contribution in [0.15, 0.2) is 0 Å². The first-order chi connectivity index (χ1) is 12.8. The number of alkyl halides is 3. The summed E-state index contributed by atoms with van der Waals surface area (Å²) in [5.41, 5.74) is -5.78. The number of carbonyl (C=O) groups is 1. The minimum atomic E-state index is -6.11. The van der Waals surface area contributed by atoms with Crippen molar-refractivity contribution in [2.75, 3.05) is 29.6 Å². The van der Waals surface area contributed by atoms with Gasteiger partial charge in [-0.2, -0.15) is 24.9 Å². The summed E-state index contributed by atoms with van der Waals surface area (Å²) in [7, 11) is -11.0. The van der Waals surface area contributed by atoms with Crippen LogP contribution in [0.5, 0.6) is 0 Å². The molecule has 1 atom stereocenters. The van der Waals surface area contributed by atoms with Gasteiger partial charge in [-0.1, -0.05) is 20.3 Å². The number of sulfonamides is 2. The van der Waals surface area contributed by atoms with Crippen molar-refractivity contribution >= 4 is 48.9 Å². The summed E-state index contributed by atoms with van der Waals surface area (Å²) in [5, 5.41) is -0.623. The van der Waals surface area contributed by atoms with Crippen LogP contribution in [-0.2, 0) is 24.8 Å². The maximum atomic E-state index is 12.1. The molecule has 0 aromatic rings. The number of carbonyl (C=O) groups excluding carboxylic acids is 1. The molecule has 0 heterocycles. The highest BCUT2D eigenvalue weighted by Gasteiger charge is 2.40. The highest BCUT2D eigenvalue weighted by molar-refractivity contribution is 8.13. The molecule has 28 heavy (non-hydrogen) atoms. The van der Waals surface area contributed by atoms with E-state index >= 15 is 0 Å². The van der Waals surface area contributed by atoms with Crippen LogP contribution in [0.25, 0.3) is 4.13 Å². The van der Waals surface area contributed by atoms with E-state index in [1.165, 1.54) is 0 Å². The zero-order chi connectivity index (χ0) is 21.8. The highest BCUT2D eigenvalue weighted by Crippen LogP contribution is 2.30. The van der Waals surface area contributed by atoms with Gasteiger partial charge in [0.15, 0.2) is 10.0 Å². The minimum absolute atomic E-state index is 0.364. The fourth-order valence-electron chi connectivity index (χ4n) is 1.57. The van der Waals surface area contributed by atoms with Crippen LogP contribution in [0.3, 0.4) is 0 Å². The summed E-state index contributed by atoms with van der Waals surface area (Å²) in [6, 6.07) is 0. The third-order valence-electron chi connectivity index (χ3n) is 3.38. The molecule has 1 unspecified atom stereocenters. The summed E-state index contributed by atoms with van der Waals surface area (Å²) in [4.78, 5) is 11.5. The van der Waals surface area contributed by atoms with E-state index in [1.54, 1.807) is 0 Å². The Morgan fingerprint density at radius 1 is 1.11 bits per heavy atom. The number of thioether (sulfide) groups is 2. The summed E-state index contributed by atoms with van der Waals surface area (Å²) in [6.07, 6.45) is 2.73. The third kappa shape index (κ3) is 13.1.